The molecule has 0 radical (unpaired) electrons. The normalized spacial score (nSPS) is 14.9. The highest BCUT2D eigenvalue weighted by molar-refractivity contribution is 6.09. The number of benzene rings is 2. The molecule has 2 heteroatoms. The van der Waals surface area contributed by atoms with E-state index in [1.54, 1.807) is 18.0 Å². The minimum Gasteiger partial charge on any atom is -0.310 e. The Morgan fingerprint density at radius 1 is 0.950 bits per heavy atom. The zero-order valence-electron chi connectivity index (χ0n) is 11.1. The van der Waals surface area contributed by atoms with Gasteiger partial charge in [0, 0.05) is 29.8 Å². The third-order valence-electron chi connectivity index (χ3n) is 3.30. The first-order valence-corrected chi connectivity index (χ1v) is 6.41. The summed E-state index contributed by atoms with van der Waals surface area (Å²) in [6, 6.07) is 17.4. The van der Waals surface area contributed by atoms with Crippen LogP contribution in [0.1, 0.15) is 21.5 Å². The van der Waals surface area contributed by atoms with Gasteiger partial charge >= 0.3 is 0 Å². The molecular formula is C18H13NO. The number of amides is 1. The molecule has 1 heterocycles. The van der Waals surface area contributed by atoms with E-state index < -0.39 is 0 Å². The maximum atomic E-state index is 12.1. The summed E-state index contributed by atoms with van der Waals surface area (Å²) in [5, 5.41) is 0. The summed E-state index contributed by atoms with van der Waals surface area (Å²) >= 11 is 0. The highest BCUT2D eigenvalue weighted by Gasteiger charge is 2.28. The molecule has 0 spiro atoms. The molecule has 2 aromatic carbocycles. The Morgan fingerprint density at radius 2 is 1.60 bits per heavy atom. The van der Waals surface area contributed by atoms with Crippen molar-refractivity contribution < 1.29 is 4.79 Å². The monoisotopic (exact) mass is 259 g/mol. The van der Waals surface area contributed by atoms with Crippen LogP contribution in [0.2, 0.25) is 0 Å². The molecule has 2 aromatic rings. The molecule has 0 atom stereocenters. The van der Waals surface area contributed by atoms with Crippen LogP contribution in [0.25, 0.3) is 5.70 Å². The number of allylic oxidation sites excluding steroid dienone is 1. The Balaban J connectivity index is 1.97. The van der Waals surface area contributed by atoms with Gasteiger partial charge in [-0.15, -0.1) is 0 Å². The quantitative estimate of drug-likeness (QED) is 0.665. The van der Waals surface area contributed by atoms with E-state index in [9.17, 15) is 4.79 Å². The molecule has 0 saturated heterocycles. The Hall–Kier alpha value is -2.79. The SMILES string of the molecule is CN1C(=O)c2ccccc2/C1=C/C#Cc1ccccc1. The summed E-state index contributed by atoms with van der Waals surface area (Å²) in [5.74, 6) is 6.12. The predicted molar refractivity (Wildman–Crippen MR) is 79.8 cm³/mol. The number of rotatable bonds is 0. The minimum absolute atomic E-state index is 0.0216. The van der Waals surface area contributed by atoms with Gasteiger partial charge in [-0.2, -0.15) is 0 Å². The lowest BCUT2D eigenvalue weighted by Crippen LogP contribution is -2.16. The molecule has 1 amide bonds. The van der Waals surface area contributed by atoms with E-state index in [0.29, 0.717) is 0 Å². The molecule has 96 valence electrons. The summed E-state index contributed by atoms with van der Waals surface area (Å²) in [6.07, 6.45) is 1.80. The molecule has 0 bridgehead atoms. The van der Waals surface area contributed by atoms with Crippen molar-refractivity contribution in [3.05, 3.63) is 77.4 Å². The third kappa shape index (κ3) is 2.10. The van der Waals surface area contributed by atoms with Gasteiger partial charge in [-0.05, 0) is 18.2 Å². The fourth-order valence-electron chi connectivity index (χ4n) is 2.25. The predicted octanol–water partition coefficient (Wildman–Crippen LogP) is 3.16. The van der Waals surface area contributed by atoms with E-state index in [1.807, 2.05) is 54.6 Å². The van der Waals surface area contributed by atoms with Gasteiger partial charge in [-0.25, -0.2) is 0 Å². The maximum Gasteiger partial charge on any atom is 0.258 e. The highest BCUT2D eigenvalue weighted by atomic mass is 16.2. The van der Waals surface area contributed by atoms with Crippen LogP contribution < -0.4 is 0 Å². The third-order valence-corrected chi connectivity index (χ3v) is 3.30. The molecule has 0 N–H and O–H groups in total. The lowest BCUT2D eigenvalue weighted by atomic mass is 10.1. The van der Waals surface area contributed by atoms with Crippen molar-refractivity contribution in [3.63, 3.8) is 0 Å². The fourth-order valence-corrected chi connectivity index (χ4v) is 2.25. The van der Waals surface area contributed by atoms with Crippen LogP contribution in [0.3, 0.4) is 0 Å². The number of carbonyl (C=O) groups is 1. The second-order valence-corrected chi connectivity index (χ2v) is 4.57. The number of nitrogens with zero attached hydrogens (tertiary/aromatic N) is 1. The van der Waals surface area contributed by atoms with E-state index >= 15 is 0 Å². The van der Waals surface area contributed by atoms with E-state index in [2.05, 4.69) is 11.8 Å². The Labute approximate surface area is 118 Å². The molecule has 1 aliphatic rings. The molecule has 0 aliphatic carbocycles. The summed E-state index contributed by atoms with van der Waals surface area (Å²) in [5.41, 5.74) is 3.50. The van der Waals surface area contributed by atoms with Crippen LogP contribution in [0.4, 0.5) is 0 Å². The van der Waals surface area contributed by atoms with Crippen molar-refractivity contribution in [2.75, 3.05) is 7.05 Å². The van der Waals surface area contributed by atoms with E-state index in [-0.39, 0.29) is 5.91 Å². The molecule has 0 saturated carbocycles. The molecule has 0 fully saturated rings. The largest absolute Gasteiger partial charge is 0.310 e. The second-order valence-electron chi connectivity index (χ2n) is 4.57. The molecule has 0 aromatic heterocycles. The van der Waals surface area contributed by atoms with Crippen molar-refractivity contribution in [3.8, 4) is 11.8 Å². The van der Waals surface area contributed by atoms with E-state index in [1.165, 1.54) is 0 Å². The van der Waals surface area contributed by atoms with E-state index in [4.69, 9.17) is 0 Å². The average molecular weight is 259 g/mol. The van der Waals surface area contributed by atoms with Gasteiger partial charge in [0.15, 0.2) is 0 Å². The fraction of sp³-hybridized carbons (Fsp3) is 0.0556. The summed E-state index contributed by atoms with van der Waals surface area (Å²) < 4.78 is 0. The molecule has 20 heavy (non-hydrogen) atoms. The van der Waals surface area contributed by atoms with Gasteiger partial charge in [0.25, 0.3) is 5.91 Å². The average Bonchev–Trinajstić information content (AvgIpc) is 2.74. The summed E-state index contributed by atoms with van der Waals surface area (Å²) in [4.78, 5) is 13.7. The number of hydrogen-bond donors (Lipinski definition) is 0. The molecule has 0 unspecified atom stereocenters. The Bertz CT molecular complexity index is 748. The van der Waals surface area contributed by atoms with Crippen LogP contribution in [-0.2, 0) is 0 Å². The van der Waals surface area contributed by atoms with Crippen molar-refractivity contribution in [2.24, 2.45) is 0 Å². The van der Waals surface area contributed by atoms with Crippen molar-refractivity contribution in [2.45, 2.75) is 0 Å². The Kier molecular flexibility index (Phi) is 3.10. The number of fused-ring (bicyclic) bond motifs is 1. The molecular weight excluding hydrogens is 246 g/mol. The van der Waals surface area contributed by atoms with Gasteiger partial charge < -0.3 is 4.90 Å². The van der Waals surface area contributed by atoms with Gasteiger partial charge in [0.1, 0.15) is 0 Å². The molecule has 1 aliphatic heterocycles. The smallest absolute Gasteiger partial charge is 0.258 e. The second kappa shape index (κ2) is 5.07. The topological polar surface area (TPSA) is 20.3 Å². The zero-order chi connectivity index (χ0) is 13.9. The molecule has 2 nitrogen and oxygen atoms in total. The van der Waals surface area contributed by atoms with E-state index in [0.717, 1.165) is 22.4 Å². The van der Waals surface area contributed by atoms with Gasteiger partial charge in [0.05, 0.1) is 5.70 Å². The first-order chi connectivity index (χ1) is 9.77. The lowest BCUT2D eigenvalue weighted by Gasteiger charge is -2.09. The maximum absolute atomic E-state index is 12.1. The van der Waals surface area contributed by atoms with Crippen LogP contribution in [0.15, 0.2) is 60.7 Å². The van der Waals surface area contributed by atoms with Crippen molar-refractivity contribution in [1.82, 2.24) is 4.90 Å². The standard InChI is InChI=1S/C18H13NO/c1-19-17(13-7-10-14-8-3-2-4-9-14)15-11-5-6-12-16(15)18(19)20/h2-6,8-9,11-13H,1H3/b17-13-. The van der Waals surface area contributed by atoms with Crippen LogP contribution in [-0.4, -0.2) is 17.9 Å². The van der Waals surface area contributed by atoms with Crippen LogP contribution in [0.5, 0.6) is 0 Å². The lowest BCUT2D eigenvalue weighted by molar-refractivity contribution is 0.0874. The zero-order valence-corrected chi connectivity index (χ0v) is 11.1. The van der Waals surface area contributed by atoms with Crippen molar-refractivity contribution >= 4 is 11.6 Å². The number of carbonyl (C=O) groups excluding carboxylic acids is 1. The Morgan fingerprint density at radius 3 is 2.35 bits per heavy atom. The first kappa shape index (κ1) is 12.3. The van der Waals surface area contributed by atoms with Crippen LogP contribution in [0, 0.1) is 11.8 Å². The van der Waals surface area contributed by atoms with Crippen molar-refractivity contribution in [1.29, 1.82) is 0 Å². The highest BCUT2D eigenvalue weighted by Crippen LogP contribution is 2.30. The molecule has 3 rings (SSSR count). The summed E-state index contributed by atoms with van der Waals surface area (Å²) in [6.45, 7) is 0. The van der Waals surface area contributed by atoms with Gasteiger partial charge in [-0.1, -0.05) is 48.2 Å². The van der Waals surface area contributed by atoms with Crippen LogP contribution >= 0.6 is 0 Å². The summed E-state index contributed by atoms with van der Waals surface area (Å²) in [7, 11) is 1.78. The van der Waals surface area contributed by atoms with Gasteiger partial charge in [0.2, 0.25) is 0 Å². The van der Waals surface area contributed by atoms with Gasteiger partial charge in [-0.3, -0.25) is 4.79 Å². The minimum atomic E-state index is 0.0216. The first-order valence-electron chi connectivity index (χ1n) is 6.41. The number of hydrogen-bond acceptors (Lipinski definition) is 1.